The second kappa shape index (κ2) is 11.3. The molecule has 38 heavy (non-hydrogen) atoms. The third kappa shape index (κ3) is 5.60. The maximum Gasteiger partial charge on any atom is 0.336 e. The number of nitrogens with one attached hydrogen (secondary N) is 2. The van der Waals surface area contributed by atoms with E-state index in [1.54, 1.807) is 60.7 Å². The molecule has 1 fully saturated rings. The molecule has 0 aliphatic carbocycles. The van der Waals surface area contributed by atoms with Gasteiger partial charge in [0.15, 0.2) is 0 Å². The molecule has 1 aliphatic rings. The van der Waals surface area contributed by atoms with Crippen molar-refractivity contribution in [2.45, 2.75) is 38.5 Å². The number of para-hydroxylation sites is 1. The molecule has 0 bridgehead atoms. The summed E-state index contributed by atoms with van der Waals surface area (Å²) in [6.45, 7) is 1.12. The lowest BCUT2D eigenvalue weighted by Crippen LogP contribution is -2.41. The molecule has 0 saturated carbocycles. The fourth-order valence-corrected chi connectivity index (χ4v) is 4.54. The van der Waals surface area contributed by atoms with Gasteiger partial charge in [0, 0.05) is 13.2 Å². The number of hydrogen-bond acceptors (Lipinski definition) is 6. The van der Waals surface area contributed by atoms with Gasteiger partial charge in [-0.1, -0.05) is 24.3 Å². The van der Waals surface area contributed by atoms with Crippen molar-refractivity contribution in [2.75, 3.05) is 13.2 Å². The molecule has 3 heterocycles. The Morgan fingerprint density at radius 1 is 0.947 bits per heavy atom. The van der Waals surface area contributed by atoms with Gasteiger partial charge in [-0.25, -0.2) is 9.36 Å². The fourth-order valence-electron chi connectivity index (χ4n) is 4.54. The summed E-state index contributed by atoms with van der Waals surface area (Å²) in [5.41, 5.74) is 0.333. The van der Waals surface area contributed by atoms with Crippen molar-refractivity contribution in [2.24, 2.45) is 0 Å². The fraction of sp³-hybridized carbons (Fsp3) is 0.286. The van der Waals surface area contributed by atoms with Crippen LogP contribution in [-0.2, 0) is 33.8 Å². The standard InChI is InChI=1S/C28H28N4O6/c33-25(29-16-21-5-3-13-37-21)15-19-9-11-20(12-10-19)32-27(35)23-7-1-2-8-24(23)31(28(32)36)18-26(34)30-17-22-6-4-14-38-22/h1-2,4,6-12,14,21H,3,5,13,15-18H2,(H,29,33)(H,30,34)/t21-/m0/s1. The Hall–Kier alpha value is -4.44. The van der Waals surface area contributed by atoms with E-state index in [-0.39, 0.29) is 31.5 Å². The van der Waals surface area contributed by atoms with Gasteiger partial charge in [-0.2, -0.15) is 0 Å². The first kappa shape index (κ1) is 25.2. The van der Waals surface area contributed by atoms with Gasteiger partial charge in [0.05, 0.1) is 41.9 Å². The summed E-state index contributed by atoms with van der Waals surface area (Å²) in [4.78, 5) is 51.8. The Morgan fingerprint density at radius 3 is 2.50 bits per heavy atom. The molecule has 5 rings (SSSR count). The van der Waals surface area contributed by atoms with Crippen molar-refractivity contribution in [3.63, 3.8) is 0 Å². The number of furan rings is 1. The quantitative estimate of drug-likeness (QED) is 0.350. The van der Waals surface area contributed by atoms with Crippen LogP contribution in [0.1, 0.15) is 24.2 Å². The van der Waals surface area contributed by atoms with E-state index < -0.39 is 17.2 Å². The molecule has 0 radical (unpaired) electrons. The van der Waals surface area contributed by atoms with Crippen molar-refractivity contribution >= 4 is 22.7 Å². The number of carbonyl (C=O) groups is 2. The second-order valence-electron chi connectivity index (χ2n) is 9.16. The second-order valence-corrected chi connectivity index (χ2v) is 9.16. The van der Waals surface area contributed by atoms with Crippen LogP contribution in [0.4, 0.5) is 0 Å². The van der Waals surface area contributed by atoms with Gasteiger partial charge in [-0.05, 0) is 54.8 Å². The van der Waals surface area contributed by atoms with E-state index in [2.05, 4.69) is 10.6 Å². The van der Waals surface area contributed by atoms with E-state index in [1.807, 2.05) is 0 Å². The predicted octanol–water partition coefficient (Wildman–Crippen LogP) is 1.90. The van der Waals surface area contributed by atoms with E-state index in [4.69, 9.17) is 9.15 Å². The average Bonchev–Trinajstić information content (AvgIpc) is 3.64. The minimum atomic E-state index is -0.635. The average molecular weight is 517 g/mol. The Labute approximate surface area is 217 Å². The molecule has 196 valence electrons. The number of fused-ring (bicyclic) bond motifs is 1. The number of aromatic nitrogens is 2. The molecule has 2 aromatic carbocycles. The number of rotatable bonds is 9. The van der Waals surface area contributed by atoms with Crippen molar-refractivity contribution in [3.8, 4) is 5.69 Å². The van der Waals surface area contributed by atoms with E-state index in [0.717, 1.165) is 29.6 Å². The van der Waals surface area contributed by atoms with Crippen LogP contribution in [0.25, 0.3) is 16.6 Å². The summed E-state index contributed by atoms with van der Waals surface area (Å²) in [6.07, 6.45) is 3.69. The van der Waals surface area contributed by atoms with Gasteiger partial charge in [0.1, 0.15) is 12.3 Å². The molecule has 10 nitrogen and oxygen atoms in total. The van der Waals surface area contributed by atoms with E-state index in [9.17, 15) is 19.2 Å². The van der Waals surface area contributed by atoms with Crippen LogP contribution < -0.4 is 21.9 Å². The number of carbonyl (C=O) groups excluding carboxylic acids is 2. The number of ether oxygens (including phenoxy) is 1. The molecule has 2 aromatic heterocycles. The lowest BCUT2D eigenvalue weighted by atomic mass is 10.1. The summed E-state index contributed by atoms with van der Waals surface area (Å²) in [5.74, 6) is 0.0587. The molecule has 0 unspecified atom stereocenters. The van der Waals surface area contributed by atoms with Crippen molar-refractivity contribution in [1.29, 1.82) is 0 Å². The number of hydrogen-bond donors (Lipinski definition) is 2. The van der Waals surface area contributed by atoms with Gasteiger partial charge in [0.2, 0.25) is 11.8 Å². The van der Waals surface area contributed by atoms with Crippen molar-refractivity contribution in [1.82, 2.24) is 19.8 Å². The highest BCUT2D eigenvalue weighted by atomic mass is 16.5. The van der Waals surface area contributed by atoms with Gasteiger partial charge in [-0.3, -0.25) is 19.0 Å². The number of nitrogens with zero attached hydrogens (tertiary/aromatic N) is 2. The summed E-state index contributed by atoms with van der Waals surface area (Å²) in [7, 11) is 0. The molecule has 10 heteroatoms. The van der Waals surface area contributed by atoms with Crippen molar-refractivity contribution < 1.29 is 18.7 Å². The molecule has 2 amide bonds. The first-order chi connectivity index (χ1) is 18.5. The molecule has 2 N–H and O–H groups in total. The van der Waals surface area contributed by atoms with Crippen LogP contribution >= 0.6 is 0 Å². The predicted molar refractivity (Wildman–Crippen MR) is 140 cm³/mol. The molecular formula is C28H28N4O6. The molecule has 1 aliphatic heterocycles. The van der Waals surface area contributed by atoms with Crippen LogP contribution in [0.2, 0.25) is 0 Å². The van der Waals surface area contributed by atoms with Crippen LogP contribution in [0, 0.1) is 0 Å². The third-order valence-corrected chi connectivity index (χ3v) is 6.50. The molecular weight excluding hydrogens is 488 g/mol. The number of amides is 2. The highest BCUT2D eigenvalue weighted by molar-refractivity contribution is 5.82. The Bertz CT molecular complexity index is 1550. The van der Waals surface area contributed by atoms with Crippen LogP contribution in [0.15, 0.2) is 80.9 Å². The monoisotopic (exact) mass is 516 g/mol. The lowest BCUT2D eigenvalue weighted by Gasteiger charge is -2.14. The van der Waals surface area contributed by atoms with Gasteiger partial charge >= 0.3 is 5.69 Å². The molecule has 1 saturated heterocycles. The lowest BCUT2D eigenvalue weighted by molar-refractivity contribution is -0.122. The summed E-state index contributed by atoms with van der Waals surface area (Å²) in [5, 5.41) is 5.92. The topological polar surface area (TPSA) is 125 Å². The summed E-state index contributed by atoms with van der Waals surface area (Å²) < 4.78 is 13.1. The maximum atomic E-state index is 13.5. The minimum Gasteiger partial charge on any atom is -0.467 e. The number of benzene rings is 2. The zero-order valence-corrected chi connectivity index (χ0v) is 20.7. The van der Waals surface area contributed by atoms with Crippen LogP contribution in [0.3, 0.4) is 0 Å². The third-order valence-electron chi connectivity index (χ3n) is 6.50. The van der Waals surface area contributed by atoms with Gasteiger partial charge in [-0.15, -0.1) is 0 Å². The van der Waals surface area contributed by atoms with Crippen LogP contribution in [-0.4, -0.2) is 40.2 Å². The Kier molecular flexibility index (Phi) is 7.50. The first-order valence-electron chi connectivity index (χ1n) is 12.5. The Balaban J connectivity index is 1.37. The SMILES string of the molecule is O=C(Cc1ccc(-n2c(=O)c3ccccc3n(CC(=O)NCc3ccco3)c2=O)cc1)NC[C@@H]1CCCO1. The van der Waals surface area contributed by atoms with Gasteiger partial charge in [0.25, 0.3) is 5.56 Å². The smallest absolute Gasteiger partial charge is 0.336 e. The summed E-state index contributed by atoms with van der Waals surface area (Å²) >= 11 is 0. The Morgan fingerprint density at radius 2 is 1.76 bits per heavy atom. The maximum absolute atomic E-state index is 13.5. The van der Waals surface area contributed by atoms with Gasteiger partial charge < -0.3 is 19.8 Å². The van der Waals surface area contributed by atoms with E-state index >= 15 is 0 Å². The van der Waals surface area contributed by atoms with Crippen LogP contribution in [0.5, 0.6) is 0 Å². The normalized spacial score (nSPS) is 15.0. The molecule has 0 spiro atoms. The van der Waals surface area contributed by atoms with E-state index in [1.165, 1.54) is 10.8 Å². The minimum absolute atomic E-state index is 0.0653. The zero-order chi connectivity index (χ0) is 26.5. The molecule has 4 aromatic rings. The summed E-state index contributed by atoms with van der Waals surface area (Å²) in [6, 6.07) is 16.8. The highest BCUT2D eigenvalue weighted by Gasteiger charge is 2.18. The molecule has 1 atom stereocenters. The first-order valence-corrected chi connectivity index (χ1v) is 12.5. The largest absolute Gasteiger partial charge is 0.467 e. The van der Waals surface area contributed by atoms with Crippen molar-refractivity contribution in [3.05, 3.63) is 99.1 Å². The highest BCUT2D eigenvalue weighted by Crippen LogP contribution is 2.13. The zero-order valence-electron chi connectivity index (χ0n) is 20.7. The van der Waals surface area contributed by atoms with E-state index in [0.29, 0.717) is 28.9 Å².